The van der Waals surface area contributed by atoms with Crippen LogP contribution in [-0.4, -0.2) is 15.7 Å². The van der Waals surface area contributed by atoms with Gasteiger partial charge in [0.1, 0.15) is 0 Å². The molecule has 1 N–H and O–H groups in total. The summed E-state index contributed by atoms with van der Waals surface area (Å²) < 4.78 is 1.90. The van der Waals surface area contributed by atoms with E-state index in [2.05, 4.69) is 17.3 Å². The first-order valence-corrected chi connectivity index (χ1v) is 9.20. The van der Waals surface area contributed by atoms with Crippen LogP contribution in [0, 0.1) is 37.0 Å². The first-order chi connectivity index (χ1) is 10.9. The summed E-state index contributed by atoms with van der Waals surface area (Å²) in [6.07, 6.45) is 8.97. The minimum Gasteiger partial charge on any atom is -0.352 e. The second-order valence-corrected chi connectivity index (χ2v) is 8.64. The molecule has 4 bridgehead atoms. The molecule has 1 aromatic heterocycles. The number of rotatable bonds is 4. The Balaban J connectivity index is 1.39. The molecule has 23 heavy (non-hydrogen) atoms. The van der Waals surface area contributed by atoms with E-state index in [4.69, 9.17) is 0 Å². The van der Waals surface area contributed by atoms with Crippen molar-refractivity contribution in [2.24, 2.45) is 30.2 Å². The number of hydrogen-bond donors (Lipinski definition) is 1. The molecule has 4 heteroatoms. The van der Waals surface area contributed by atoms with E-state index in [9.17, 15) is 4.79 Å². The summed E-state index contributed by atoms with van der Waals surface area (Å²) in [5, 5.41) is 7.61. The van der Waals surface area contributed by atoms with Crippen LogP contribution in [0.15, 0.2) is 0 Å². The van der Waals surface area contributed by atoms with Gasteiger partial charge in [-0.05, 0) is 75.5 Å². The SMILES string of the molecule is Cc1nn(C)c(C)c1CNC(=O)CC12CC3CC(CC(C3)C1)C2. The molecule has 4 aliphatic rings. The number of hydrogen-bond acceptors (Lipinski definition) is 2. The quantitative estimate of drug-likeness (QED) is 0.927. The van der Waals surface area contributed by atoms with Crippen LogP contribution in [0.2, 0.25) is 0 Å². The van der Waals surface area contributed by atoms with Crippen molar-refractivity contribution in [2.45, 2.75) is 65.3 Å². The molecule has 0 aliphatic heterocycles. The fourth-order valence-electron chi connectivity index (χ4n) is 6.17. The van der Waals surface area contributed by atoms with Crippen LogP contribution in [0.25, 0.3) is 0 Å². The van der Waals surface area contributed by atoms with Crippen molar-refractivity contribution in [2.75, 3.05) is 0 Å². The Hall–Kier alpha value is -1.32. The lowest BCUT2D eigenvalue weighted by atomic mass is 9.49. The van der Waals surface area contributed by atoms with Crippen LogP contribution in [0.1, 0.15) is 61.9 Å². The molecule has 1 aromatic rings. The third-order valence-electron chi connectivity index (χ3n) is 6.82. The Kier molecular flexibility index (Phi) is 3.54. The summed E-state index contributed by atoms with van der Waals surface area (Å²) in [5.74, 6) is 2.99. The molecule has 0 aromatic carbocycles. The average molecular weight is 315 g/mol. The second-order valence-electron chi connectivity index (χ2n) is 8.64. The lowest BCUT2D eigenvalue weighted by Gasteiger charge is -2.56. The monoisotopic (exact) mass is 315 g/mol. The van der Waals surface area contributed by atoms with E-state index in [1.54, 1.807) is 0 Å². The maximum atomic E-state index is 12.6. The second kappa shape index (κ2) is 5.35. The Labute approximate surface area is 139 Å². The number of nitrogens with one attached hydrogen (secondary N) is 1. The van der Waals surface area contributed by atoms with Crippen molar-refractivity contribution in [1.82, 2.24) is 15.1 Å². The van der Waals surface area contributed by atoms with Crippen LogP contribution in [-0.2, 0) is 18.4 Å². The highest BCUT2D eigenvalue weighted by Crippen LogP contribution is 2.61. The maximum absolute atomic E-state index is 12.6. The number of amides is 1. The van der Waals surface area contributed by atoms with Gasteiger partial charge >= 0.3 is 0 Å². The molecule has 0 spiro atoms. The van der Waals surface area contributed by atoms with Gasteiger partial charge in [-0.3, -0.25) is 9.48 Å². The highest BCUT2D eigenvalue weighted by Gasteiger charge is 2.51. The van der Waals surface area contributed by atoms with Gasteiger partial charge in [-0.25, -0.2) is 0 Å². The summed E-state index contributed by atoms with van der Waals surface area (Å²) in [4.78, 5) is 12.6. The largest absolute Gasteiger partial charge is 0.352 e. The number of carbonyl (C=O) groups excluding carboxylic acids is 1. The highest BCUT2D eigenvalue weighted by atomic mass is 16.1. The van der Waals surface area contributed by atoms with E-state index in [0.717, 1.165) is 35.6 Å². The molecule has 0 radical (unpaired) electrons. The van der Waals surface area contributed by atoms with Crippen molar-refractivity contribution in [1.29, 1.82) is 0 Å². The topological polar surface area (TPSA) is 46.9 Å². The van der Waals surface area contributed by atoms with Gasteiger partial charge in [-0.2, -0.15) is 5.10 Å². The van der Waals surface area contributed by atoms with Crippen molar-refractivity contribution in [3.63, 3.8) is 0 Å². The molecule has 1 amide bonds. The molecular weight excluding hydrogens is 286 g/mol. The van der Waals surface area contributed by atoms with E-state index in [0.29, 0.717) is 12.0 Å². The lowest BCUT2D eigenvalue weighted by molar-refractivity contribution is -0.129. The van der Waals surface area contributed by atoms with Gasteiger partial charge in [0.2, 0.25) is 5.91 Å². The molecule has 0 saturated heterocycles. The predicted octanol–water partition coefficient (Wildman–Crippen LogP) is 3.26. The van der Waals surface area contributed by atoms with E-state index in [1.807, 2.05) is 18.7 Å². The van der Waals surface area contributed by atoms with Gasteiger partial charge in [-0.1, -0.05) is 0 Å². The summed E-state index contributed by atoms with van der Waals surface area (Å²) in [7, 11) is 1.96. The van der Waals surface area contributed by atoms with E-state index in [1.165, 1.54) is 44.1 Å². The Morgan fingerprint density at radius 3 is 2.22 bits per heavy atom. The minimum atomic E-state index is 0.245. The molecule has 4 fully saturated rings. The van der Waals surface area contributed by atoms with Crippen molar-refractivity contribution in [3.8, 4) is 0 Å². The molecule has 4 nitrogen and oxygen atoms in total. The molecule has 0 atom stereocenters. The molecule has 1 heterocycles. The van der Waals surface area contributed by atoms with Crippen LogP contribution < -0.4 is 5.32 Å². The number of aryl methyl sites for hydroxylation is 2. The fourth-order valence-corrected chi connectivity index (χ4v) is 6.17. The lowest BCUT2D eigenvalue weighted by Crippen LogP contribution is -2.47. The Bertz CT molecular complexity index is 596. The standard InChI is InChI=1S/C19H29N3O/c1-12-17(13(2)22(3)21-12)11-20-18(23)10-19-7-14-4-15(8-19)6-16(5-14)9-19/h14-16H,4-11H2,1-3H3,(H,20,23). The third-order valence-corrected chi connectivity index (χ3v) is 6.82. The zero-order valence-corrected chi connectivity index (χ0v) is 14.7. The number of aromatic nitrogens is 2. The molecule has 4 aliphatic carbocycles. The first kappa shape index (κ1) is 15.2. The minimum absolute atomic E-state index is 0.245. The smallest absolute Gasteiger partial charge is 0.220 e. The van der Waals surface area contributed by atoms with Crippen LogP contribution in [0.5, 0.6) is 0 Å². The van der Waals surface area contributed by atoms with Gasteiger partial charge in [-0.15, -0.1) is 0 Å². The van der Waals surface area contributed by atoms with Gasteiger partial charge in [0.15, 0.2) is 0 Å². The number of nitrogens with zero attached hydrogens (tertiary/aromatic N) is 2. The normalized spacial score (nSPS) is 34.8. The van der Waals surface area contributed by atoms with Crippen LogP contribution in [0.3, 0.4) is 0 Å². The van der Waals surface area contributed by atoms with Crippen molar-refractivity contribution >= 4 is 5.91 Å². The van der Waals surface area contributed by atoms with Gasteiger partial charge in [0.05, 0.1) is 5.69 Å². The summed E-state index contributed by atoms with van der Waals surface area (Å²) in [6.45, 7) is 4.71. The van der Waals surface area contributed by atoms with Gasteiger partial charge in [0.25, 0.3) is 0 Å². The number of carbonyl (C=O) groups is 1. The molecule has 5 rings (SSSR count). The highest BCUT2D eigenvalue weighted by molar-refractivity contribution is 5.76. The van der Waals surface area contributed by atoms with Crippen molar-refractivity contribution < 1.29 is 4.79 Å². The molecular formula is C19H29N3O. The maximum Gasteiger partial charge on any atom is 0.220 e. The Morgan fingerprint density at radius 1 is 1.17 bits per heavy atom. The van der Waals surface area contributed by atoms with Gasteiger partial charge < -0.3 is 5.32 Å². The zero-order chi connectivity index (χ0) is 16.2. The van der Waals surface area contributed by atoms with Crippen LogP contribution >= 0.6 is 0 Å². The molecule has 4 saturated carbocycles. The molecule has 0 unspecified atom stereocenters. The summed E-state index contributed by atoms with van der Waals surface area (Å²) in [6, 6.07) is 0. The Morgan fingerprint density at radius 2 is 1.74 bits per heavy atom. The zero-order valence-electron chi connectivity index (χ0n) is 14.7. The van der Waals surface area contributed by atoms with E-state index < -0.39 is 0 Å². The average Bonchev–Trinajstić information content (AvgIpc) is 2.68. The van der Waals surface area contributed by atoms with Crippen LogP contribution in [0.4, 0.5) is 0 Å². The third kappa shape index (κ3) is 2.70. The van der Waals surface area contributed by atoms with E-state index in [-0.39, 0.29) is 5.91 Å². The molecule has 126 valence electrons. The summed E-state index contributed by atoms with van der Waals surface area (Å²) >= 11 is 0. The van der Waals surface area contributed by atoms with Gasteiger partial charge in [0, 0.05) is 31.3 Å². The van der Waals surface area contributed by atoms with Crippen molar-refractivity contribution in [3.05, 3.63) is 17.0 Å². The summed E-state index contributed by atoms with van der Waals surface area (Å²) in [5.41, 5.74) is 3.68. The van der Waals surface area contributed by atoms with E-state index >= 15 is 0 Å². The fraction of sp³-hybridized carbons (Fsp3) is 0.789. The predicted molar refractivity (Wildman–Crippen MR) is 89.8 cm³/mol. The first-order valence-electron chi connectivity index (χ1n) is 9.20.